The highest BCUT2D eigenvalue weighted by Gasteiger charge is 2.23. The van der Waals surface area contributed by atoms with Crippen molar-refractivity contribution in [1.29, 1.82) is 0 Å². The van der Waals surface area contributed by atoms with E-state index >= 15 is 0 Å². The summed E-state index contributed by atoms with van der Waals surface area (Å²) < 4.78 is 4.40. The highest BCUT2D eigenvalue weighted by atomic mass is 127. The number of likely N-dealkylation sites (N-methyl/N-ethyl adjacent to an activating group) is 1. The van der Waals surface area contributed by atoms with Gasteiger partial charge < -0.3 is 20.0 Å². The molecule has 27 heavy (non-hydrogen) atoms. The molecule has 0 amide bonds. The summed E-state index contributed by atoms with van der Waals surface area (Å²) in [5.74, 6) is 1.98. The minimum Gasteiger partial charge on any atom is -0.355 e. The summed E-state index contributed by atoms with van der Waals surface area (Å²) in [6.45, 7) is 8.02. The number of hydrogen-bond acceptors (Lipinski definition) is 6. The highest BCUT2D eigenvalue weighted by Crippen LogP contribution is 2.22. The molecule has 3 rings (SSSR count). The molecule has 1 aromatic rings. The van der Waals surface area contributed by atoms with E-state index in [1.165, 1.54) is 37.2 Å². The van der Waals surface area contributed by atoms with E-state index in [2.05, 4.69) is 48.3 Å². The summed E-state index contributed by atoms with van der Waals surface area (Å²) in [4.78, 5) is 16.3. The molecule has 1 saturated heterocycles. The first kappa shape index (κ1) is 22.6. The molecule has 0 spiro atoms. The van der Waals surface area contributed by atoms with Gasteiger partial charge in [-0.3, -0.25) is 4.99 Å². The van der Waals surface area contributed by atoms with Crippen molar-refractivity contribution < 1.29 is 0 Å². The fourth-order valence-corrected chi connectivity index (χ4v) is 4.63. The Balaban J connectivity index is 0.00000261. The first-order valence-electron chi connectivity index (χ1n) is 9.94. The molecule has 1 aromatic heterocycles. The highest BCUT2D eigenvalue weighted by molar-refractivity contribution is 14.0. The van der Waals surface area contributed by atoms with Gasteiger partial charge in [0.05, 0.1) is 0 Å². The molecule has 9 heteroatoms. The monoisotopic (exact) mass is 507 g/mol. The second-order valence-corrected chi connectivity index (χ2v) is 7.94. The Morgan fingerprint density at radius 1 is 1.26 bits per heavy atom. The van der Waals surface area contributed by atoms with Gasteiger partial charge >= 0.3 is 0 Å². The zero-order valence-corrected chi connectivity index (χ0v) is 20.0. The van der Waals surface area contributed by atoms with Gasteiger partial charge in [-0.25, -0.2) is 4.98 Å². The summed E-state index contributed by atoms with van der Waals surface area (Å²) in [7, 11) is 4.14. The fourth-order valence-electron chi connectivity index (χ4n) is 3.83. The molecule has 154 valence electrons. The number of piperazine rings is 1. The van der Waals surface area contributed by atoms with Crippen LogP contribution in [0.5, 0.6) is 0 Å². The largest absolute Gasteiger partial charge is 0.355 e. The molecule has 1 saturated carbocycles. The number of aliphatic imine (C=N–C) groups is 1. The molecule has 1 aliphatic carbocycles. The molecule has 7 nitrogen and oxygen atoms in total. The molecule has 0 bridgehead atoms. The van der Waals surface area contributed by atoms with Crippen molar-refractivity contribution in [3.8, 4) is 0 Å². The van der Waals surface area contributed by atoms with E-state index < -0.39 is 0 Å². The third kappa shape index (κ3) is 6.15. The summed E-state index contributed by atoms with van der Waals surface area (Å²) in [5.41, 5.74) is 0. The minimum absolute atomic E-state index is 0. The average molecular weight is 507 g/mol. The van der Waals surface area contributed by atoms with Gasteiger partial charge in [-0.15, -0.1) is 24.0 Å². The third-order valence-electron chi connectivity index (χ3n) is 5.53. The molecule has 0 atom stereocenters. The van der Waals surface area contributed by atoms with E-state index in [1.807, 2.05) is 7.05 Å². The second-order valence-electron chi connectivity index (χ2n) is 7.21. The van der Waals surface area contributed by atoms with Crippen molar-refractivity contribution in [3.63, 3.8) is 0 Å². The quantitative estimate of drug-likeness (QED) is 0.362. The maximum Gasteiger partial charge on any atom is 0.205 e. The number of nitrogens with zero attached hydrogens (tertiary/aromatic N) is 6. The number of nitrogens with one attached hydrogen (secondary N) is 1. The van der Waals surface area contributed by atoms with Crippen molar-refractivity contribution in [2.24, 2.45) is 4.99 Å². The first-order chi connectivity index (χ1) is 12.7. The Bertz CT molecular complexity index is 580. The normalized spacial score (nSPS) is 18.9. The number of guanidine groups is 1. The van der Waals surface area contributed by atoms with Gasteiger partial charge in [-0.05, 0) is 19.9 Å². The maximum atomic E-state index is 4.61. The molecule has 0 unspecified atom stereocenters. The maximum absolute atomic E-state index is 4.61. The predicted molar refractivity (Wildman–Crippen MR) is 125 cm³/mol. The summed E-state index contributed by atoms with van der Waals surface area (Å²) in [6, 6.07) is 0.780. The zero-order valence-electron chi connectivity index (χ0n) is 16.9. The van der Waals surface area contributed by atoms with E-state index in [1.54, 1.807) is 0 Å². The van der Waals surface area contributed by atoms with Crippen molar-refractivity contribution >= 4 is 46.6 Å². The van der Waals surface area contributed by atoms with Crippen LogP contribution in [-0.4, -0.2) is 84.5 Å². The smallest absolute Gasteiger partial charge is 0.205 e. The van der Waals surface area contributed by atoms with Gasteiger partial charge in [0.1, 0.15) is 5.82 Å². The number of aryl methyl sites for hydroxylation is 1. The topological polar surface area (TPSA) is 59.9 Å². The van der Waals surface area contributed by atoms with E-state index in [-0.39, 0.29) is 24.0 Å². The Morgan fingerprint density at radius 3 is 2.56 bits per heavy atom. The van der Waals surface area contributed by atoms with E-state index in [0.717, 1.165) is 68.6 Å². The van der Waals surface area contributed by atoms with Gasteiger partial charge in [-0.1, -0.05) is 19.8 Å². The summed E-state index contributed by atoms with van der Waals surface area (Å²) in [6.07, 6.45) is 6.41. The van der Waals surface area contributed by atoms with Crippen LogP contribution in [0.1, 0.15) is 38.4 Å². The molecule has 2 fully saturated rings. The summed E-state index contributed by atoms with van der Waals surface area (Å²) >= 11 is 1.52. The number of rotatable bonds is 6. The molecule has 0 radical (unpaired) electrons. The fraction of sp³-hybridized carbons (Fsp3) is 0.833. The van der Waals surface area contributed by atoms with Crippen LogP contribution in [-0.2, 0) is 6.42 Å². The van der Waals surface area contributed by atoms with Gasteiger partial charge in [0, 0.05) is 70.3 Å². The van der Waals surface area contributed by atoms with Gasteiger partial charge in [0.2, 0.25) is 5.13 Å². The van der Waals surface area contributed by atoms with Crippen LogP contribution in [0.2, 0.25) is 0 Å². The average Bonchev–Trinajstić information content (AvgIpc) is 3.37. The lowest BCUT2D eigenvalue weighted by atomic mass is 10.2. The van der Waals surface area contributed by atoms with Crippen molar-refractivity contribution in [2.45, 2.75) is 45.1 Å². The molecular weight excluding hydrogens is 473 g/mol. The minimum atomic E-state index is 0. The Hall–Kier alpha value is -0.680. The predicted octanol–water partition coefficient (Wildman–Crippen LogP) is 2.29. The van der Waals surface area contributed by atoms with Crippen LogP contribution in [0, 0.1) is 0 Å². The number of hydrogen-bond donors (Lipinski definition) is 1. The van der Waals surface area contributed by atoms with E-state index in [4.69, 9.17) is 0 Å². The molecule has 2 heterocycles. The van der Waals surface area contributed by atoms with Crippen LogP contribution in [0.3, 0.4) is 0 Å². The summed E-state index contributed by atoms with van der Waals surface area (Å²) in [5, 5.41) is 4.61. The Kier molecular flexibility index (Phi) is 9.51. The Labute approximate surface area is 184 Å². The zero-order chi connectivity index (χ0) is 18.4. The second kappa shape index (κ2) is 11.4. The van der Waals surface area contributed by atoms with Crippen LogP contribution in [0.15, 0.2) is 4.99 Å². The van der Waals surface area contributed by atoms with Gasteiger partial charge in [0.25, 0.3) is 0 Å². The third-order valence-corrected chi connectivity index (χ3v) is 6.35. The van der Waals surface area contributed by atoms with Crippen LogP contribution in [0.4, 0.5) is 5.13 Å². The first-order valence-corrected chi connectivity index (χ1v) is 10.7. The van der Waals surface area contributed by atoms with Gasteiger partial charge in [0.15, 0.2) is 5.96 Å². The number of aromatic nitrogens is 2. The van der Waals surface area contributed by atoms with E-state index in [9.17, 15) is 0 Å². The van der Waals surface area contributed by atoms with E-state index in [0.29, 0.717) is 0 Å². The molecular formula is C18H34IN7S. The lowest BCUT2D eigenvalue weighted by molar-refractivity contribution is 0.248. The van der Waals surface area contributed by atoms with Crippen molar-refractivity contribution in [2.75, 3.05) is 58.3 Å². The van der Waals surface area contributed by atoms with Crippen LogP contribution < -0.4 is 10.2 Å². The van der Waals surface area contributed by atoms with Crippen LogP contribution in [0.25, 0.3) is 0 Å². The SMILES string of the molecule is CCc1nsc(N2CCN(C(=NC)NCCN(C)C3CCCC3)CC2)n1.I. The van der Waals surface area contributed by atoms with Crippen LogP contribution >= 0.6 is 35.5 Å². The molecule has 2 aliphatic rings. The van der Waals surface area contributed by atoms with Crippen molar-refractivity contribution in [1.82, 2.24) is 24.5 Å². The standard InChI is InChI=1S/C18H33N7S.HI/c1-4-16-21-18(26-22-16)25-13-11-24(12-14-25)17(19-2)20-9-10-23(3)15-7-5-6-8-15;/h15H,4-14H2,1-3H3,(H,19,20);1H. The number of halogens is 1. The molecule has 1 aliphatic heterocycles. The lowest BCUT2D eigenvalue weighted by Gasteiger charge is -2.36. The number of anilines is 1. The van der Waals surface area contributed by atoms with Crippen molar-refractivity contribution in [3.05, 3.63) is 5.82 Å². The Morgan fingerprint density at radius 2 is 1.96 bits per heavy atom. The lowest BCUT2D eigenvalue weighted by Crippen LogP contribution is -2.53. The molecule has 1 N–H and O–H groups in total. The molecule has 0 aromatic carbocycles. The van der Waals surface area contributed by atoms with Gasteiger partial charge in [-0.2, -0.15) is 4.37 Å².